The Bertz CT molecular complexity index is 4560. The summed E-state index contributed by atoms with van der Waals surface area (Å²) in [6.45, 7) is 8.25. The third kappa shape index (κ3) is 8.61. The van der Waals surface area contributed by atoms with Crippen LogP contribution in [0.5, 0.6) is 0 Å². The summed E-state index contributed by atoms with van der Waals surface area (Å²) in [5.74, 6) is 0. The van der Waals surface area contributed by atoms with Gasteiger partial charge in [-0.3, -0.25) is 0 Å². The minimum absolute atomic E-state index is 0.156. The van der Waals surface area contributed by atoms with E-state index in [0.29, 0.717) is 29.1 Å². The van der Waals surface area contributed by atoms with E-state index >= 15 is 26.3 Å². The van der Waals surface area contributed by atoms with Crippen molar-refractivity contribution in [2.45, 2.75) is 40.0 Å². The van der Waals surface area contributed by atoms with Crippen LogP contribution in [0.4, 0.5) is 26.3 Å². The third-order valence-electron chi connectivity index (χ3n) is 16.2. The molecule has 398 valence electrons. The molecule has 0 radical (unpaired) electrons. The highest BCUT2D eigenvalue weighted by Crippen LogP contribution is 2.49. The van der Waals surface area contributed by atoms with Crippen LogP contribution in [0.3, 0.4) is 0 Å². The van der Waals surface area contributed by atoms with Gasteiger partial charge in [0.25, 0.3) is 0 Å². The second kappa shape index (κ2) is 19.7. The standard InChI is InChI=1S/C73H49F6N3/c1-43-15-5-9-20-53(43)47-27-32-64-57(37-47)58-38-48(54-21-10-6-16-44(54)2)28-33-65(58)81(64)68-36-31-51(71-62(72(74,75)76)24-14-25-63(71)73(77,78)79)41-61(68)70-52(42-80)19-13-26-69(70)82-66-34-29-49(55-22-11-7-17-45(55)3)39-59(66)60-40-50(30-35-67(60)82)56-23-12-8-18-46(56)4/h5-41H,1-4H3. The minimum atomic E-state index is -5.17. The fraction of sp³-hybridized carbons (Fsp3) is 0.0822. The molecule has 0 amide bonds. The Kier molecular flexibility index (Phi) is 12.4. The molecule has 2 aromatic heterocycles. The van der Waals surface area contributed by atoms with Crippen molar-refractivity contribution in [3.8, 4) is 84.2 Å². The van der Waals surface area contributed by atoms with Crippen LogP contribution in [0.2, 0.25) is 0 Å². The molecule has 0 unspecified atom stereocenters. The first-order chi connectivity index (χ1) is 39.6. The summed E-state index contributed by atoms with van der Waals surface area (Å²) < 4.78 is 95.9. The molecule has 9 heteroatoms. The number of hydrogen-bond acceptors (Lipinski definition) is 1. The SMILES string of the molecule is Cc1ccccc1-c1ccc2c(c1)c1cc(-c3ccccc3C)ccc1n2-c1ccc(-c2c(C(F)(F)F)cccc2C(F)(F)F)cc1-c1c(C#N)cccc1-n1c2ccc(-c3ccccc3C)cc2c2cc(-c3ccccc3C)ccc21. The molecule has 0 saturated carbocycles. The van der Waals surface area contributed by atoms with Crippen LogP contribution in [0.1, 0.15) is 38.9 Å². The lowest BCUT2D eigenvalue weighted by Gasteiger charge is -2.23. The number of fused-ring (bicyclic) bond motifs is 6. The van der Waals surface area contributed by atoms with Crippen molar-refractivity contribution in [2.75, 3.05) is 0 Å². The van der Waals surface area contributed by atoms with Gasteiger partial charge in [-0.25, -0.2) is 0 Å². The van der Waals surface area contributed by atoms with Crippen LogP contribution >= 0.6 is 0 Å². The summed E-state index contributed by atoms with van der Waals surface area (Å²) in [7, 11) is 0. The molecule has 3 nitrogen and oxygen atoms in total. The average Bonchev–Trinajstić information content (AvgIpc) is 1.95. The van der Waals surface area contributed by atoms with Gasteiger partial charge in [-0.1, -0.05) is 140 Å². The Morgan fingerprint density at radius 1 is 0.317 bits per heavy atom. The lowest BCUT2D eigenvalue weighted by molar-refractivity contribution is -0.142. The molecule has 0 N–H and O–H groups in total. The summed E-state index contributed by atoms with van der Waals surface area (Å²) in [6, 6.07) is 71.7. The molecule has 0 saturated heterocycles. The second-order valence-electron chi connectivity index (χ2n) is 21.1. The van der Waals surface area contributed by atoms with Gasteiger partial charge in [0.2, 0.25) is 0 Å². The van der Waals surface area contributed by atoms with Crippen molar-refractivity contribution in [3.05, 3.63) is 263 Å². The van der Waals surface area contributed by atoms with Crippen molar-refractivity contribution >= 4 is 43.6 Å². The number of nitrogens with zero attached hydrogens (tertiary/aromatic N) is 3. The Hall–Kier alpha value is -9.91. The zero-order chi connectivity index (χ0) is 56.8. The highest BCUT2D eigenvalue weighted by molar-refractivity contribution is 6.14. The molecule has 0 aliphatic heterocycles. The Labute approximate surface area is 469 Å². The van der Waals surface area contributed by atoms with E-state index < -0.39 is 29.0 Å². The largest absolute Gasteiger partial charge is 0.417 e. The number of halogens is 6. The minimum Gasteiger partial charge on any atom is -0.309 e. The van der Waals surface area contributed by atoms with Crippen molar-refractivity contribution in [3.63, 3.8) is 0 Å². The van der Waals surface area contributed by atoms with E-state index in [2.05, 4.69) is 123 Å². The fourth-order valence-electron chi connectivity index (χ4n) is 12.3. The second-order valence-corrected chi connectivity index (χ2v) is 21.1. The van der Waals surface area contributed by atoms with E-state index in [1.807, 2.05) is 95.6 Å². The van der Waals surface area contributed by atoms with Crippen LogP contribution in [0, 0.1) is 39.0 Å². The quantitative estimate of drug-likeness (QED) is 0.140. The topological polar surface area (TPSA) is 33.6 Å². The third-order valence-corrected chi connectivity index (χ3v) is 16.2. The van der Waals surface area contributed by atoms with Gasteiger partial charge in [0.15, 0.2) is 0 Å². The van der Waals surface area contributed by atoms with Crippen LogP contribution in [0.15, 0.2) is 224 Å². The van der Waals surface area contributed by atoms with E-state index in [0.717, 1.165) is 116 Å². The van der Waals surface area contributed by atoms with Crippen molar-refractivity contribution < 1.29 is 26.3 Å². The van der Waals surface area contributed by atoms with E-state index in [1.165, 1.54) is 12.1 Å². The van der Waals surface area contributed by atoms with Crippen molar-refractivity contribution in [2.24, 2.45) is 0 Å². The summed E-state index contributed by atoms with van der Waals surface area (Å²) in [5, 5.41) is 15.0. The van der Waals surface area contributed by atoms with Crippen LogP contribution < -0.4 is 0 Å². The number of rotatable bonds is 8. The smallest absolute Gasteiger partial charge is 0.309 e. The number of benzene rings is 11. The van der Waals surface area contributed by atoms with E-state index in [4.69, 9.17) is 0 Å². The predicted molar refractivity (Wildman–Crippen MR) is 321 cm³/mol. The molecule has 0 spiro atoms. The zero-order valence-electron chi connectivity index (χ0n) is 45.0. The molecular formula is C73H49F6N3. The van der Waals surface area contributed by atoms with Crippen LogP contribution in [-0.2, 0) is 12.4 Å². The Balaban J connectivity index is 1.16. The van der Waals surface area contributed by atoms with Gasteiger partial charge in [0.05, 0.1) is 56.2 Å². The maximum absolute atomic E-state index is 15.3. The number of aryl methyl sites for hydroxylation is 4. The summed E-state index contributed by atoms with van der Waals surface area (Å²) in [6.07, 6.45) is -10.3. The fourth-order valence-corrected chi connectivity index (χ4v) is 12.3. The number of alkyl halides is 6. The van der Waals surface area contributed by atoms with Gasteiger partial charge < -0.3 is 9.13 Å². The van der Waals surface area contributed by atoms with Crippen LogP contribution in [0.25, 0.3) is 122 Å². The van der Waals surface area contributed by atoms with Gasteiger partial charge in [-0.05, 0) is 185 Å². The van der Waals surface area contributed by atoms with Crippen molar-refractivity contribution in [1.29, 1.82) is 5.26 Å². The first-order valence-corrected chi connectivity index (χ1v) is 26.9. The Morgan fingerprint density at radius 2 is 0.659 bits per heavy atom. The number of hydrogen-bond donors (Lipinski definition) is 0. The molecule has 0 fully saturated rings. The highest BCUT2D eigenvalue weighted by Gasteiger charge is 2.41. The molecule has 82 heavy (non-hydrogen) atoms. The normalized spacial score (nSPS) is 12.0. The van der Waals surface area contributed by atoms with Gasteiger partial charge in [-0.15, -0.1) is 0 Å². The van der Waals surface area contributed by atoms with Gasteiger partial charge >= 0.3 is 12.4 Å². The van der Waals surface area contributed by atoms with Gasteiger partial charge in [-0.2, -0.15) is 31.6 Å². The van der Waals surface area contributed by atoms with Crippen molar-refractivity contribution in [1.82, 2.24) is 9.13 Å². The van der Waals surface area contributed by atoms with Gasteiger partial charge in [0.1, 0.15) is 0 Å². The molecule has 0 bridgehead atoms. The summed E-state index contributed by atoms with van der Waals surface area (Å²) >= 11 is 0. The molecule has 13 aromatic rings. The predicted octanol–water partition coefficient (Wildman–Crippen LogP) is 21.0. The molecule has 13 rings (SSSR count). The lowest BCUT2D eigenvalue weighted by Crippen LogP contribution is -2.14. The number of nitriles is 1. The monoisotopic (exact) mass is 1080 g/mol. The van der Waals surface area contributed by atoms with Crippen LogP contribution in [-0.4, -0.2) is 9.13 Å². The molecule has 0 aliphatic rings. The molecule has 0 atom stereocenters. The molecule has 2 heterocycles. The van der Waals surface area contributed by atoms with E-state index in [-0.39, 0.29) is 16.7 Å². The molecule has 11 aromatic carbocycles. The first-order valence-electron chi connectivity index (χ1n) is 26.9. The average molecular weight is 1080 g/mol. The first kappa shape index (κ1) is 51.5. The lowest BCUT2D eigenvalue weighted by atomic mass is 9.89. The van der Waals surface area contributed by atoms with E-state index in [1.54, 1.807) is 18.2 Å². The molecule has 0 aliphatic carbocycles. The van der Waals surface area contributed by atoms with E-state index in [9.17, 15) is 5.26 Å². The number of aromatic nitrogens is 2. The molecular weight excluding hydrogens is 1030 g/mol. The Morgan fingerprint density at radius 3 is 1.01 bits per heavy atom. The maximum atomic E-state index is 15.3. The maximum Gasteiger partial charge on any atom is 0.417 e. The van der Waals surface area contributed by atoms with Gasteiger partial charge in [0, 0.05) is 38.2 Å². The summed E-state index contributed by atoms with van der Waals surface area (Å²) in [5.41, 5.74) is 12.8. The summed E-state index contributed by atoms with van der Waals surface area (Å²) in [4.78, 5) is 0. The zero-order valence-corrected chi connectivity index (χ0v) is 45.0. The highest BCUT2D eigenvalue weighted by atomic mass is 19.4.